The molecule has 0 unspecified atom stereocenters. The summed E-state index contributed by atoms with van der Waals surface area (Å²) in [6.45, 7) is 1.91. The molecule has 0 amide bonds. The molecule has 6 heteroatoms. The van der Waals surface area contributed by atoms with Crippen LogP contribution in [0.1, 0.15) is 11.3 Å². The smallest absolute Gasteiger partial charge is 0.166 e. The van der Waals surface area contributed by atoms with E-state index in [1.54, 1.807) is 4.68 Å². The van der Waals surface area contributed by atoms with Crippen molar-refractivity contribution in [3.05, 3.63) is 47.7 Å². The Morgan fingerprint density at radius 3 is 2.79 bits per heavy atom. The zero-order valence-electron chi connectivity index (χ0n) is 10.2. The zero-order chi connectivity index (χ0) is 13.4. The molecular weight excluding hydrogens is 258 g/mol. The SMILES string of the molecule is Cc1ccc(C(N)=S)c(-n2nnc3ccccc32)n1. The largest absolute Gasteiger partial charge is 0.389 e. The number of para-hydroxylation sites is 1. The fraction of sp³-hybridized carbons (Fsp3) is 0.0769. The number of fused-ring (bicyclic) bond motifs is 1. The lowest BCUT2D eigenvalue weighted by Crippen LogP contribution is -2.15. The van der Waals surface area contributed by atoms with E-state index in [0.717, 1.165) is 16.7 Å². The van der Waals surface area contributed by atoms with Crippen LogP contribution in [0, 0.1) is 6.92 Å². The number of aromatic nitrogens is 4. The number of hydrogen-bond donors (Lipinski definition) is 1. The van der Waals surface area contributed by atoms with Gasteiger partial charge in [-0.1, -0.05) is 29.6 Å². The van der Waals surface area contributed by atoms with Gasteiger partial charge in [-0.25, -0.2) is 4.98 Å². The van der Waals surface area contributed by atoms with E-state index in [1.807, 2.05) is 43.3 Å². The maximum atomic E-state index is 5.74. The van der Waals surface area contributed by atoms with Gasteiger partial charge in [-0.15, -0.1) is 5.10 Å². The summed E-state index contributed by atoms with van der Waals surface area (Å²) in [5, 5.41) is 8.25. The highest BCUT2D eigenvalue weighted by Crippen LogP contribution is 2.18. The van der Waals surface area contributed by atoms with Crippen LogP contribution in [-0.2, 0) is 0 Å². The van der Waals surface area contributed by atoms with Crippen molar-refractivity contribution in [1.82, 2.24) is 20.0 Å². The first-order valence-electron chi connectivity index (χ1n) is 5.75. The fourth-order valence-corrected chi connectivity index (χ4v) is 2.08. The highest BCUT2D eigenvalue weighted by atomic mass is 32.1. The van der Waals surface area contributed by atoms with Crippen LogP contribution in [-0.4, -0.2) is 25.0 Å². The van der Waals surface area contributed by atoms with E-state index in [1.165, 1.54) is 0 Å². The van der Waals surface area contributed by atoms with Crippen molar-refractivity contribution in [1.29, 1.82) is 0 Å². The van der Waals surface area contributed by atoms with E-state index in [9.17, 15) is 0 Å². The highest BCUT2D eigenvalue weighted by Gasteiger charge is 2.13. The number of hydrogen-bond acceptors (Lipinski definition) is 4. The van der Waals surface area contributed by atoms with Gasteiger partial charge >= 0.3 is 0 Å². The first kappa shape index (κ1) is 11.7. The van der Waals surface area contributed by atoms with Crippen LogP contribution in [0.5, 0.6) is 0 Å². The third kappa shape index (κ3) is 1.96. The van der Waals surface area contributed by atoms with Crippen molar-refractivity contribution in [3.8, 4) is 5.82 Å². The van der Waals surface area contributed by atoms with Gasteiger partial charge in [0.25, 0.3) is 0 Å². The summed E-state index contributed by atoms with van der Waals surface area (Å²) in [6.07, 6.45) is 0. The van der Waals surface area contributed by atoms with E-state index in [2.05, 4.69) is 15.3 Å². The summed E-state index contributed by atoms with van der Waals surface area (Å²) in [7, 11) is 0. The van der Waals surface area contributed by atoms with E-state index in [4.69, 9.17) is 18.0 Å². The predicted molar refractivity (Wildman–Crippen MR) is 77.3 cm³/mol. The number of aryl methyl sites for hydroxylation is 1. The molecule has 0 aliphatic carbocycles. The van der Waals surface area contributed by atoms with Gasteiger partial charge in [0.1, 0.15) is 10.5 Å². The van der Waals surface area contributed by atoms with Crippen molar-refractivity contribution >= 4 is 28.2 Å². The first-order chi connectivity index (χ1) is 9.16. The Hall–Kier alpha value is -2.34. The lowest BCUT2D eigenvalue weighted by atomic mass is 10.2. The Labute approximate surface area is 115 Å². The fourth-order valence-electron chi connectivity index (χ4n) is 1.92. The summed E-state index contributed by atoms with van der Waals surface area (Å²) in [5.74, 6) is 0.612. The van der Waals surface area contributed by atoms with Crippen molar-refractivity contribution in [3.63, 3.8) is 0 Å². The molecular formula is C13H11N5S. The predicted octanol–water partition coefficient (Wildman–Crippen LogP) is 1.76. The topological polar surface area (TPSA) is 69.6 Å². The monoisotopic (exact) mass is 269 g/mol. The number of thiocarbonyl (C=S) groups is 1. The third-order valence-electron chi connectivity index (χ3n) is 2.83. The van der Waals surface area contributed by atoms with E-state index < -0.39 is 0 Å². The lowest BCUT2D eigenvalue weighted by molar-refractivity contribution is 0.796. The standard InChI is InChI=1S/C13H11N5S/c1-8-6-7-9(12(14)19)13(15-8)18-11-5-3-2-4-10(11)16-17-18/h2-7H,1H3,(H2,14,19). The summed E-state index contributed by atoms with van der Waals surface area (Å²) in [5.41, 5.74) is 8.98. The number of nitrogens with zero attached hydrogens (tertiary/aromatic N) is 4. The van der Waals surface area contributed by atoms with Crippen LogP contribution < -0.4 is 5.73 Å². The van der Waals surface area contributed by atoms with Gasteiger partial charge in [0.05, 0.1) is 11.1 Å². The van der Waals surface area contributed by atoms with Crippen molar-refractivity contribution in [2.24, 2.45) is 5.73 Å². The summed E-state index contributed by atoms with van der Waals surface area (Å²) < 4.78 is 1.66. The van der Waals surface area contributed by atoms with Crippen molar-refractivity contribution in [2.45, 2.75) is 6.92 Å². The Bertz CT molecular complexity index is 778. The lowest BCUT2D eigenvalue weighted by Gasteiger charge is -2.08. The molecule has 2 N–H and O–H groups in total. The average Bonchev–Trinajstić information content (AvgIpc) is 2.82. The van der Waals surface area contributed by atoms with E-state index >= 15 is 0 Å². The molecule has 0 aliphatic rings. The van der Waals surface area contributed by atoms with Gasteiger partial charge in [0.2, 0.25) is 0 Å². The highest BCUT2D eigenvalue weighted by molar-refractivity contribution is 7.80. The van der Waals surface area contributed by atoms with Crippen LogP contribution in [0.3, 0.4) is 0 Å². The first-order valence-corrected chi connectivity index (χ1v) is 6.16. The molecule has 0 saturated heterocycles. The number of pyridine rings is 1. The van der Waals surface area contributed by atoms with Crippen LogP contribution >= 0.6 is 12.2 Å². The molecule has 5 nitrogen and oxygen atoms in total. The van der Waals surface area contributed by atoms with E-state index in [0.29, 0.717) is 16.4 Å². The van der Waals surface area contributed by atoms with Crippen LogP contribution in [0.15, 0.2) is 36.4 Å². The third-order valence-corrected chi connectivity index (χ3v) is 3.05. The Kier molecular flexibility index (Phi) is 2.72. The molecule has 0 bridgehead atoms. The summed E-state index contributed by atoms with van der Waals surface area (Å²) in [6, 6.07) is 11.4. The molecule has 1 aromatic carbocycles. The normalized spacial score (nSPS) is 10.8. The Morgan fingerprint density at radius 1 is 1.21 bits per heavy atom. The minimum Gasteiger partial charge on any atom is -0.389 e. The quantitative estimate of drug-likeness (QED) is 0.718. The maximum Gasteiger partial charge on any atom is 0.166 e. The summed E-state index contributed by atoms with van der Waals surface area (Å²) >= 11 is 5.07. The van der Waals surface area contributed by atoms with E-state index in [-0.39, 0.29) is 0 Å². The Morgan fingerprint density at radius 2 is 2.00 bits per heavy atom. The Balaban J connectivity index is 2.32. The molecule has 3 aromatic rings. The van der Waals surface area contributed by atoms with Crippen molar-refractivity contribution < 1.29 is 0 Å². The molecule has 0 spiro atoms. The van der Waals surface area contributed by atoms with Crippen LogP contribution in [0.2, 0.25) is 0 Å². The second-order valence-electron chi connectivity index (χ2n) is 4.18. The molecule has 0 radical (unpaired) electrons. The number of nitrogens with two attached hydrogens (primary N) is 1. The number of rotatable bonds is 2. The molecule has 0 saturated carbocycles. The molecule has 0 atom stereocenters. The molecule has 19 heavy (non-hydrogen) atoms. The van der Waals surface area contributed by atoms with Gasteiger partial charge in [0, 0.05) is 5.69 Å². The van der Waals surface area contributed by atoms with Gasteiger partial charge in [-0.2, -0.15) is 4.68 Å². The zero-order valence-corrected chi connectivity index (χ0v) is 11.1. The minimum absolute atomic E-state index is 0.294. The van der Waals surface area contributed by atoms with Crippen LogP contribution in [0.25, 0.3) is 16.9 Å². The van der Waals surface area contributed by atoms with Crippen LogP contribution in [0.4, 0.5) is 0 Å². The maximum absolute atomic E-state index is 5.74. The van der Waals surface area contributed by atoms with Crippen molar-refractivity contribution in [2.75, 3.05) is 0 Å². The second kappa shape index (κ2) is 4.40. The molecule has 3 rings (SSSR count). The molecule has 0 fully saturated rings. The van der Waals surface area contributed by atoms with Gasteiger partial charge in [-0.05, 0) is 31.2 Å². The summed E-state index contributed by atoms with van der Waals surface area (Å²) in [4.78, 5) is 4.77. The second-order valence-corrected chi connectivity index (χ2v) is 4.62. The van der Waals surface area contributed by atoms with Gasteiger partial charge in [0.15, 0.2) is 5.82 Å². The number of benzene rings is 1. The molecule has 2 aromatic heterocycles. The van der Waals surface area contributed by atoms with Gasteiger partial charge < -0.3 is 5.73 Å². The average molecular weight is 269 g/mol. The minimum atomic E-state index is 0.294. The van der Waals surface area contributed by atoms with Gasteiger partial charge in [-0.3, -0.25) is 0 Å². The molecule has 0 aliphatic heterocycles. The molecule has 2 heterocycles. The molecule has 94 valence electrons.